The molecule has 4 nitrogen and oxygen atoms in total. The number of aliphatic hydroxyl groups is 1. The van der Waals surface area contributed by atoms with Gasteiger partial charge in [0.15, 0.2) is 0 Å². The summed E-state index contributed by atoms with van der Waals surface area (Å²) in [6.07, 6.45) is 0.983. The Kier molecular flexibility index (Phi) is 3.36. The lowest BCUT2D eigenvalue weighted by Gasteiger charge is -2.34. The van der Waals surface area contributed by atoms with Crippen molar-refractivity contribution in [2.24, 2.45) is 0 Å². The zero-order valence-corrected chi connectivity index (χ0v) is 11.7. The van der Waals surface area contributed by atoms with Crippen LogP contribution in [0.25, 0.3) is 5.57 Å². The molecule has 106 valence electrons. The van der Waals surface area contributed by atoms with Gasteiger partial charge in [0, 0.05) is 6.04 Å². The van der Waals surface area contributed by atoms with Crippen molar-refractivity contribution in [3.05, 3.63) is 41.5 Å². The summed E-state index contributed by atoms with van der Waals surface area (Å²) in [5.41, 5.74) is 2.68. The fourth-order valence-electron chi connectivity index (χ4n) is 3.49. The van der Waals surface area contributed by atoms with Crippen molar-refractivity contribution in [3.63, 3.8) is 0 Å². The number of aliphatic hydroxyl groups excluding tert-OH is 1. The van der Waals surface area contributed by atoms with Crippen LogP contribution in [-0.4, -0.2) is 48.3 Å². The minimum Gasteiger partial charge on any atom is -0.466 e. The number of benzene rings is 1. The summed E-state index contributed by atoms with van der Waals surface area (Å²) in [6.45, 7) is 0. The van der Waals surface area contributed by atoms with Gasteiger partial charge in [-0.25, -0.2) is 4.79 Å². The Morgan fingerprint density at radius 1 is 1.35 bits per heavy atom. The number of rotatable bonds is 2. The zero-order valence-electron chi connectivity index (χ0n) is 11.7. The molecule has 2 aliphatic rings. The number of esters is 1. The summed E-state index contributed by atoms with van der Waals surface area (Å²) < 4.78 is 4.95. The quantitative estimate of drug-likeness (QED) is 0.829. The highest BCUT2D eigenvalue weighted by Crippen LogP contribution is 2.42. The first-order chi connectivity index (χ1) is 9.63. The summed E-state index contributed by atoms with van der Waals surface area (Å²) >= 11 is 0. The van der Waals surface area contributed by atoms with Gasteiger partial charge < -0.3 is 9.84 Å². The van der Waals surface area contributed by atoms with Crippen LogP contribution in [0.4, 0.5) is 0 Å². The highest BCUT2D eigenvalue weighted by molar-refractivity contribution is 6.00. The van der Waals surface area contributed by atoms with E-state index >= 15 is 0 Å². The van der Waals surface area contributed by atoms with E-state index in [-0.39, 0.29) is 12.0 Å². The molecular weight excluding hydrogens is 254 g/mol. The Balaban J connectivity index is 2.14. The molecule has 0 saturated carbocycles. The van der Waals surface area contributed by atoms with Gasteiger partial charge in [-0.1, -0.05) is 30.3 Å². The lowest BCUT2D eigenvalue weighted by atomic mass is 9.88. The van der Waals surface area contributed by atoms with E-state index in [2.05, 4.69) is 4.90 Å². The number of nitrogens with zero attached hydrogens (tertiary/aromatic N) is 1. The molecule has 1 fully saturated rings. The normalized spacial score (nSPS) is 29.6. The Morgan fingerprint density at radius 2 is 2.05 bits per heavy atom. The second kappa shape index (κ2) is 5.04. The van der Waals surface area contributed by atoms with Crippen molar-refractivity contribution in [2.45, 2.75) is 31.0 Å². The predicted octanol–water partition coefficient (Wildman–Crippen LogP) is 1.45. The van der Waals surface area contributed by atoms with Gasteiger partial charge in [0.2, 0.25) is 0 Å². The van der Waals surface area contributed by atoms with Crippen molar-refractivity contribution >= 4 is 11.5 Å². The average Bonchev–Trinajstić information content (AvgIpc) is 2.66. The van der Waals surface area contributed by atoms with E-state index < -0.39 is 6.10 Å². The molecule has 1 aromatic carbocycles. The van der Waals surface area contributed by atoms with Crippen molar-refractivity contribution in [1.82, 2.24) is 4.90 Å². The number of methoxy groups -OCH3 is 1. The van der Waals surface area contributed by atoms with Crippen LogP contribution in [0.5, 0.6) is 0 Å². The molecule has 2 bridgehead atoms. The Hall–Kier alpha value is -1.65. The molecule has 0 aromatic heterocycles. The average molecular weight is 273 g/mol. The molecule has 20 heavy (non-hydrogen) atoms. The molecule has 1 saturated heterocycles. The summed E-state index contributed by atoms with van der Waals surface area (Å²) in [6, 6.07) is 9.95. The monoisotopic (exact) mass is 273 g/mol. The van der Waals surface area contributed by atoms with E-state index in [0.29, 0.717) is 18.0 Å². The van der Waals surface area contributed by atoms with Crippen LogP contribution >= 0.6 is 0 Å². The summed E-state index contributed by atoms with van der Waals surface area (Å²) in [5, 5.41) is 10.3. The van der Waals surface area contributed by atoms with Crippen LogP contribution in [0, 0.1) is 0 Å². The predicted molar refractivity (Wildman–Crippen MR) is 76.0 cm³/mol. The Morgan fingerprint density at radius 3 is 2.70 bits per heavy atom. The van der Waals surface area contributed by atoms with E-state index in [1.165, 1.54) is 7.11 Å². The minimum absolute atomic E-state index is 0.253. The molecule has 3 rings (SSSR count). The molecule has 2 aliphatic heterocycles. The molecule has 0 radical (unpaired) electrons. The van der Waals surface area contributed by atoms with Gasteiger partial charge in [-0.2, -0.15) is 0 Å². The molecule has 2 heterocycles. The van der Waals surface area contributed by atoms with E-state index in [9.17, 15) is 9.90 Å². The molecule has 3 atom stereocenters. The SMILES string of the molecule is COC(=O)C1=C(c2ccccc2)C[C@@H]2C[C@@H](O)[C@H]1N2C. The number of carbonyl (C=O) groups is 1. The fraction of sp³-hybridized carbons (Fsp3) is 0.438. The maximum Gasteiger partial charge on any atom is 0.335 e. The van der Waals surface area contributed by atoms with E-state index in [0.717, 1.165) is 17.6 Å². The Bertz CT molecular complexity index is 552. The highest BCUT2D eigenvalue weighted by atomic mass is 16.5. The van der Waals surface area contributed by atoms with Crippen LogP contribution in [0.2, 0.25) is 0 Å². The van der Waals surface area contributed by atoms with Crippen molar-refractivity contribution in [2.75, 3.05) is 14.2 Å². The summed E-state index contributed by atoms with van der Waals surface area (Å²) in [7, 11) is 3.36. The number of hydrogen-bond donors (Lipinski definition) is 1. The third-order valence-electron chi connectivity index (χ3n) is 4.48. The van der Waals surface area contributed by atoms with Crippen LogP contribution < -0.4 is 0 Å². The molecule has 1 aromatic rings. The molecule has 0 unspecified atom stereocenters. The Labute approximate surface area is 118 Å². The molecule has 0 spiro atoms. The highest BCUT2D eigenvalue weighted by Gasteiger charge is 2.47. The van der Waals surface area contributed by atoms with Crippen molar-refractivity contribution in [3.8, 4) is 0 Å². The minimum atomic E-state index is -0.500. The lowest BCUT2D eigenvalue weighted by molar-refractivity contribution is -0.137. The third kappa shape index (κ3) is 1.96. The van der Waals surface area contributed by atoms with Gasteiger partial charge in [0.05, 0.1) is 24.8 Å². The van der Waals surface area contributed by atoms with Crippen LogP contribution in [0.15, 0.2) is 35.9 Å². The maximum absolute atomic E-state index is 12.2. The summed E-state index contributed by atoms with van der Waals surface area (Å²) in [5.74, 6) is -0.333. The van der Waals surface area contributed by atoms with Crippen LogP contribution in [0.3, 0.4) is 0 Å². The first-order valence-electron chi connectivity index (χ1n) is 6.90. The first-order valence-corrected chi connectivity index (χ1v) is 6.90. The number of hydrogen-bond acceptors (Lipinski definition) is 4. The number of likely N-dealkylation sites (N-methyl/N-ethyl adjacent to an activating group) is 1. The van der Waals surface area contributed by atoms with Gasteiger partial charge >= 0.3 is 5.97 Å². The third-order valence-corrected chi connectivity index (χ3v) is 4.48. The number of carbonyl (C=O) groups excluding carboxylic acids is 1. The van der Waals surface area contributed by atoms with Crippen LogP contribution in [0.1, 0.15) is 18.4 Å². The molecule has 4 heteroatoms. The first kappa shape index (κ1) is 13.3. The zero-order chi connectivity index (χ0) is 14.3. The topological polar surface area (TPSA) is 49.8 Å². The number of fused-ring (bicyclic) bond motifs is 2. The molecule has 0 aliphatic carbocycles. The lowest BCUT2D eigenvalue weighted by Crippen LogP contribution is -2.43. The van der Waals surface area contributed by atoms with Crippen molar-refractivity contribution < 1.29 is 14.6 Å². The van der Waals surface area contributed by atoms with Gasteiger partial charge in [0.25, 0.3) is 0 Å². The van der Waals surface area contributed by atoms with E-state index in [1.807, 2.05) is 37.4 Å². The smallest absolute Gasteiger partial charge is 0.335 e. The van der Waals surface area contributed by atoms with Gasteiger partial charge in [-0.3, -0.25) is 4.90 Å². The summed E-state index contributed by atoms with van der Waals surface area (Å²) in [4.78, 5) is 14.3. The van der Waals surface area contributed by atoms with Crippen LogP contribution in [-0.2, 0) is 9.53 Å². The van der Waals surface area contributed by atoms with Gasteiger partial charge in [0.1, 0.15) is 0 Å². The maximum atomic E-state index is 12.2. The van der Waals surface area contributed by atoms with Gasteiger partial charge in [-0.15, -0.1) is 0 Å². The van der Waals surface area contributed by atoms with E-state index in [4.69, 9.17) is 4.74 Å². The number of ether oxygens (including phenoxy) is 1. The van der Waals surface area contributed by atoms with Gasteiger partial charge in [-0.05, 0) is 31.0 Å². The molecule has 1 N–H and O–H groups in total. The van der Waals surface area contributed by atoms with E-state index in [1.54, 1.807) is 0 Å². The standard InChI is InChI=1S/C16H19NO3/c1-17-11-8-12(10-6-4-3-5-7-10)14(16(19)20-2)15(17)13(18)9-11/h3-7,11,13,15,18H,8-9H2,1-2H3/t11-,13-,15-/m1/s1. The molecular formula is C16H19NO3. The fourth-order valence-corrected chi connectivity index (χ4v) is 3.49. The second-order valence-corrected chi connectivity index (χ2v) is 5.52. The largest absolute Gasteiger partial charge is 0.466 e. The molecule has 0 amide bonds. The van der Waals surface area contributed by atoms with Crippen molar-refractivity contribution in [1.29, 1.82) is 0 Å². The second-order valence-electron chi connectivity index (χ2n) is 5.52.